The van der Waals surface area contributed by atoms with Crippen LogP contribution < -0.4 is 26.7 Å². The Bertz CT molecular complexity index is 1710. The summed E-state index contributed by atoms with van der Waals surface area (Å²) in [6.07, 6.45) is 0. The highest BCUT2D eigenvalue weighted by Crippen LogP contribution is 2.19. The zero-order chi connectivity index (χ0) is 27.4. The van der Waals surface area contributed by atoms with Gasteiger partial charge in [-0.3, -0.25) is 4.57 Å². The summed E-state index contributed by atoms with van der Waals surface area (Å²) in [5.41, 5.74) is 2.04. The van der Waals surface area contributed by atoms with E-state index in [9.17, 15) is 14.0 Å². The molecule has 0 atom stereocenters. The molecule has 3 aromatic carbocycles. The first-order valence-electron chi connectivity index (χ1n) is 12.4. The van der Waals surface area contributed by atoms with Crippen molar-refractivity contribution in [1.29, 1.82) is 0 Å². The number of para-hydroxylation sites is 2. The molecule has 0 aliphatic carbocycles. The molecule has 11 heteroatoms. The molecule has 200 valence electrons. The average molecular weight is 530 g/mol. The van der Waals surface area contributed by atoms with Crippen LogP contribution in [-0.2, 0) is 19.6 Å². The molecule has 5 rings (SSSR count). The van der Waals surface area contributed by atoms with Gasteiger partial charge in [-0.1, -0.05) is 36.4 Å². The lowest BCUT2D eigenvalue weighted by molar-refractivity contribution is 0.414. The molecule has 2 aromatic heterocycles. The Kier molecular flexibility index (Phi) is 7.39. The van der Waals surface area contributed by atoms with E-state index in [2.05, 4.69) is 20.6 Å². The summed E-state index contributed by atoms with van der Waals surface area (Å²) in [6.45, 7) is 1.04. The van der Waals surface area contributed by atoms with Gasteiger partial charge in [-0.25, -0.2) is 23.5 Å². The number of methoxy groups -OCH3 is 1. The van der Waals surface area contributed by atoms with Gasteiger partial charge in [0.05, 0.1) is 31.2 Å². The van der Waals surface area contributed by atoms with Crippen LogP contribution in [0.15, 0.2) is 82.4 Å². The minimum Gasteiger partial charge on any atom is -0.497 e. The summed E-state index contributed by atoms with van der Waals surface area (Å²) in [5.74, 6) is 1.16. The number of halogens is 1. The number of aromatic nitrogens is 5. The molecule has 0 saturated carbocycles. The van der Waals surface area contributed by atoms with E-state index in [1.807, 2.05) is 41.0 Å². The number of ether oxygens (including phenoxy) is 1. The molecule has 0 radical (unpaired) electrons. The zero-order valence-electron chi connectivity index (χ0n) is 21.6. The third-order valence-electron chi connectivity index (χ3n) is 6.40. The topological polar surface area (TPSA) is 108 Å². The van der Waals surface area contributed by atoms with Crippen molar-refractivity contribution in [3.05, 3.63) is 111 Å². The monoisotopic (exact) mass is 529 g/mol. The molecule has 10 nitrogen and oxygen atoms in total. The Balaban J connectivity index is 1.47. The van der Waals surface area contributed by atoms with Crippen LogP contribution in [0.1, 0.15) is 11.1 Å². The molecule has 0 saturated heterocycles. The number of hydrogen-bond acceptors (Lipinski definition) is 7. The van der Waals surface area contributed by atoms with Crippen molar-refractivity contribution in [2.45, 2.75) is 19.6 Å². The lowest BCUT2D eigenvalue weighted by atomic mass is 10.2. The van der Waals surface area contributed by atoms with Gasteiger partial charge in [-0.2, -0.15) is 4.98 Å². The van der Waals surface area contributed by atoms with Crippen LogP contribution in [-0.4, -0.2) is 44.4 Å². The van der Waals surface area contributed by atoms with E-state index < -0.39 is 17.2 Å². The van der Waals surface area contributed by atoms with Gasteiger partial charge in [0.2, 0.25) is 11.9 Å². The summed E-state index contributed by atoms with van der Waals surface area (Å²) in [4.78, 5) is 35.4. The molecule has 0 aliphatic heterocycles. The number of nitrogens with zero attached hydrogens (tertiary/aromatic N) is 5. The SMILES string of the molecule is CNc1nc2ccccc2n1CCNc1nc(=O)n(Cc2ccc(F)cc2)c(=O)n1Cc1ccc(OC)cc1. The van der Waals surface area contributed by atoms with Gasteiger partial charge in [0.15, 0.2) is 0 Å². The van der Waals surface area contributed by atoms with Gasteiger partial charge in [0.25, 0.3) is 0 Å². The fourth-order valence-corrected chi connectivity index (χ4v) is 4.40. The molecule has 39 heavy (non-hydrogen) atoms. The molecule has 0 amide bonds. The van der Waals surface area contributed by atoms with Crippen LogP contribution in [0.4, 0.5) is 16.3 Å². The first-order chi connectivity index (χ1) is 19.0. The van der Waals surface area contributed by atoms with Crippen LogP contribution in [0.25, 0.3) is 11.0 Å². The van der Waals surface area contributed by atoms with Crippen molar-refractivity contribution < 1.29 is 9.13 Å². The average Bonchev–Trinajstić information content (AvgIpc) is 3.32. The van der Waals surface area contributed by atoms with Gasteiger partial charge in [0.1, 0.15) is 11.6 Å². The highest BCUT2D eigenvalue weighted by Gasteiger charge is 2.15. The Morgan fingerprint density at radius 2 is 1.49 bits per heavy atom. The molecular weight excluding hydrogens is 501 g/mol. The first kappa shape index (κ1) is 25.7. The van der Waals surface area contributed by atoms with Crippen LogP contribution >= 0.6 is 0 Å². The number of imidazole rings is 1. The van der Waals surface area contributed by atoms with Crippen molar-refractivity contribution in [3.63, 3.8) is 0 Å². The normalized spacial score (nSPS) is 11.1. The summed E-state index contributed by atoms with van der Waals surface area (Å²) in [7, 11) is 3.39. The van der Waals surface area contributed by atoms with E-state index in [1.165, 1.54) is 28.8 Å². The van der Waals surface area contributed by atoms with E-state index in [4.69, 9.17) is 4.74 Å². The van der Waals surface area contributed by atoms with Gasteiger partial charge >= 0.3 is 11.4 Å². The van der Waals surface area contributed by atoms with Crippen molar-refractivity contribution in [1.82, 2.24) is 23.7 Å². The quantitative estimate of drug-likeness (QED) is 0.286. The second kappa shape index (κ2) is 11.2. The highest BCUT2D eigenvalue weighted by molar-refractivity contribution is 5.78. The van der Waals surface area contributed by atoms with E-state index >= 15 is 0 Å². The second-order valence-electron chi connectivity index (χ2n) is 8.90. The van der Waals surface area contributed by atoms with Crippen LogP contribution in [0, 0.1) is 5.82 Å². The molecule has 2 N–H and O–H groups in total. The second-order valence-corrected chi connectivity index (χ2v) is 8.90. The number of nitrogens with one attached hydrogen (secondary N) is 2. The number of anilines is 2. The smallest absolute Gasteiger partial charge is 0.355 e. The summed E-state index contributed by atoms with van der Waals surface area (Å²) in [5, 5.41) is 6.28. The largest absolute Gasteiger partial charge is 0.497 e. The lowest BCUT2D eigenvalue weighted by Crippen LogP contribution is -2.43. The summed E-state index contributed by atoms with van der Waals surface area (Å²) in [6, 6.07) is 20.8. The standard InChI is InChI=1S/C28H28FN7O3/c1-30-25-32-23-5-3-4-6-24(23)34(25)16-15-31-26-33-27(37)36(18-19-7-11-21(29)12-8-19)28(38)35(26)17-20-9-13-22(39-2)14-10-20/h3-14H,15-18H2,1-2H3,(H,30,32)(H,31,33,37). The Morgan fingerprint density at radius 3 is 2.18 bits per heavy atom. The number of rotatable bonds is 10. The fourth-order valence-electron chi connectivity index (χ4n) is 4.40. The number of hydrogen-bond donors (Lipinski definition) is 2. The van der Waals surface area contributed by atoms with Crippen LogP contribution in [0.5, 0.6) is 5.75 Å². The minimum absolute atomic E-state index is 0.0274. The third kappa shape index (κ3) is 5.52. The maximum atomic E-state index is 13.6. The van der Waals surface area contributed by atoms with Crippen molar-refractivity contribution in [2.75, 3.05) is 31.3 Å². The number of benzene rings is 3. The molecular formula is C28H28FN7O3. The van der Waals surface area contributed by atoms with E-state index in [1.54, 1.807) is 26.3 Å². The molecule has 0 spiro atoms. The van der Waals surface area contributed by atoms with Crippen molar-refractivity contribution >= 4 is 22.9 Å². The Labute approximate surface area is 223 Å². The predicted molar refractivity (Wildman–Crippen MR) is 148 cm³/mol. The highest BCUT2D eigenvalue weighted by atomic mass is 19.1. The van der Waals surface area contributed by atoms with Crippen LogP contribution in [0.2, 0.25) is 0 Å². The van der Waals surface area contributed by atoms with Gasteiger partial charge in [-0.05, 0) is 47.5 Å². The number of fused-ring (bicyclic) bond motifs is 1. The predicted octanol–water partition coefficient (Wildman–Crippen LogP) is 3.15. The molecule has 0 aliphatic rings. The Morgan fingerprint density at radius 1 is 0.821 bits per heavy atom. The van der Waals surface area contributed by atoms with E-state index in [0.717, 1.165) is 21.2 Å². The molecule has 0 bridgehead atoms. The van der Waals surface area contributed by atoms with E-state index in [-0.39, 0.29) is 19.0 Å². The van der Waals surface area contributed by atoms with Gasteiger partial charge in [-0.15, -0.1) is 0 Å². The first-order valence-corrected chi connectivity index (χ1v) is 12.4. The van der Waals surface area contributed by atoms with Crippen LogP contribution in [0.3, 0.4) is 0 Å². The minimum atomic E-state index is -0.693. The molecule has 5 aromatic rings. The van der Waals surface area contributed by atoms with Crippen molar-refractivity contribution in [2.24, 2.45) is 0 Å². The maximum Gasteiger partial charge on any atom is 0.355 e. The van der Waals surface area contributed by atoms with Crippen molar-refractivity contribution in [3.8, 4) is 5.75 Å². The summed E-state index contributed by atoms with van der Waals surface area (Å²) >= 11 is 0. The zero-order valence-corrected chi connectivity index (χ0v) is 21.6. The third-order valence-corrected chi connectivity index (χ3v) is 6.40. The lowest BCUT2D eigenvalue weighted by Gasteiger charge is -2.16. The van der Waals surface area contributed by atoms with Gasteiger partial charge in [0, 0.05) is 20.1 Å². The maximum absolute atomic E-state index is 13.6. The molecule has 2 heterocycles. The fraction of sp³-hybridized carbons (Fsp3) is 0.214. The summed E-state index contributed by atoms with van der Waals surface area (Å²) < 4.78 is 23.1. The van der Waals surface area contributed by atoms with Gasteiger partial charge < -0.3 is 19.9 Å². The molecule has 0 fully saturated rings. The molecule has 0 unspecified atom stereocenters. The Hall–Kier alpha value is -4.93. The van der Waals surface area contributed by atoms with E-state index in [0.29, 0.717) is 30.4 Å².